The van der Waals surface area contributed by atoms with Gasteiger partial charge in [-0.05, 0) is 49.9 Å². The second-order valence-corrected chi connectivity index (χ2v) is 4.47. The van der Waals surface area contributed by atoms with Crippen molar-refractivity contribution in [2.24, 2.45) is 9.98 Å². The first-order chi connectivity index (χ1) is 9.31. The van der Waals surface area contributed by atoms with Gasteiger partial charge in [0, 0.05) is 0 Å². The first kappa shape index (κ1) is 13.2. The molecule has 0 bridgehead atoms. The van der Waals surface area contributed by atoms with Gasteiger partial charge in [0.1, 0.15) is 5.75 Å². The number of aliphatic imine (C=N–C) groups is 2. The van der Waals surface area contributed by atoms with Gasteiger partial charge in [-0.1, -0.05) is 0 Å². The molecule has 0 aromatic heterocycles. The molecule has 1 aliphatic carbocycles. The summed E-state index contributed by atoms with van der Waals surface area (Å²) in [7, 11) is 0. The lowest BCUT2D eigenvalue weighted by atomic mass is 9.93. The van der Waals surface area contributed by atoms with Crippen LogP contribution in [0.3, 0.4) is 0 Å². The average Bonchev–Trinajstić information content (AvgIpc) is 2.44. The number of nitrogens with zero attached hydrogens (tertiary/aromatic N) is 2. The molecular formula is C14H14N2O3. The van der Waals surface area contributed by atoms with Crippen molar-refractivity contribution in [1.82, 2.24) is 0 Å². The highest BCUT2D eigenvalue weighted by Gasteiger charge is 2.21. The largest absolute Gasteiger partial charge is 0.490 e. The van der Waals surface area contributed by atoms with E-state index in [1.54, 1.807) is 30.3 Å². The van der Waals surface area contributed by atoms with Crippen LogP contribution in [-0.2, 0) is 9.59 Å². The quantitative estimate of drug-likeness (QED) is 0.616. The Morgan fingerprint density at radius 1 is 1.00 bits per heavy atom. The van der Waals surface area contributed by atoms with Crippen molar-refractivity contribution in [3.63, 3.8) is 0 Å². The molecule has 1 saturated carbocycles. The standard InChI is InChI=1S/C14H14N2O3/c17-9-15-11-1-5-13(6-2-11)19-14-7-3-12(4-8-14)16-10-18/h1-2,5-6,12,14H,3-4,7-8H2. The van der Waals surface area contributed by atoms with Gasteiger partial charge in [-0.15, -0.1) is 0 Å². The van der Waals surface area contributed by atoms with Crippen molar-refractivity contribution >= 4 is 17.8 Å². The number of rotatable bonds is 4. The van der Waals surface area contributed by atoms with E-state index in [0.717, 1.165) is 31.4 Å². The first-order valence-corrected chi connectivity index (χ1v) is 6.23. The SMILES string of the molecule is O=C=Nc1ccc(OC2CCC(N=C=O)CC2)cc1. The molecule has 5 heteroatoms. The van der Waals surface area contributed by atoms with Gasteiger partial charge < -0.3 is 4.74 Å². The molecule has 0 saturated heterocycles. The van der Waals surface area contributed by atoms with Gasteiger partial charge >= 0.3 is 0 Å². The van der Waals surface area contributed by atoms with Gasteiger partial charge in [0.25, 0.3) is 0 Å². The van der Waals surface area contributed by atoms with Crippen LogP contribution in [0.25, 0.3) is 0 Å². The highest BCUT2D eigenvalue weighted by Crippen LogP contribution is 2.26. The summed E-state index contributed by atoms with van der Waals surface area (Å²) < 4.78 is 5.83. The van der Waals surface area contributed by atoms with E-state index in [1.807, 2.05) is 0 Å². The molecule has 1 fully saturated rings. The zero-order chi connectivity index (χ0) is 13.5. The monoisotopic (exact) mass is 258 g/mol. The fraction of sp³-hybridized carbons (Fsp3) is 0.429. The molecule has 1 aliphatic rings. The number of carbonyl (C=O) groups excluding carboxylic acids is 2. The van der Waals surface area contributed by atoms with E-state index in [4.69, 9.17) is 4.74 Å². The Kier molecular flexibility index (Phi) is 4.62. The Hall–Kier alpha value is -2.22. The minimum Gasteiger partial charge on any atom is -0.490 e. The fourth-order valence-corrected chi connectivity index (χ4v) is 2.21. The highest BCUT2D eigenvalue weighted by molar-refractivity contribution is 5.50. The van der Waals surface area contributed by atoms with E-state index in [9.17, 15) is 9.59 Å². The van der Waals surface area contributed by atoms with Crippen LogP contribution in [0.1, 0.15) is 25.7 Å². The van der Waals surface area contributed by atoms with E-state index in [0.29, 0.717) is 5.69 Å². The first-order valence-electron chi connectivity index (χ1n) is 6.23. The predicted octanol–water partition coefficient (Wildman–Crippen LogP) is 2.68. The molecule has 19 heavy (non-hydrogen) atoms. The Morgan fingerprint density at radius 2 is 1.68 bits per heavy atom. The van der Waals surface area contributed by atoms with Gasteiger partial charge in [-0.25, -0.2) is 14.6 Å². The molecule has 98 valence electrons. The van der Waals surface area contributed by atoms with Crippen molar-refractivity contribution in [2.45, 2.75) is 37.8 Å². The van der Waals surface area contributed by atoms with Crippen molar-refractivity contribution in [1.29, 1.82) is 0 Å². The van der Waals surface area contributed by atoms with Crippen LogP contribution in [0.4, 0.5) is 5.69 Å². The molecule has 0 aliphatic heterocycles. The average molecular weight is 258 g/mol. The van der Waals surface area contributed by atoms with Gasteiger partial charge in [-0.2, -0.15) is 4.99 Å². The van der Waals surface area contributed by atoms with Crippen molar-refractivity contribution in [3.8, 4) is 5.75 Å². The van der Waals surface area contributed by atoms with Crippen LogP contribution in [-0.4, -0.2) is 24.3 Å². The molecule has 0 heterocycles. The summed E-state index contributed by atoms with van der Waals surface area (Å²) in [5, 5.41) is 0. The number of ether oxygens (including phenoxy) is 1. The maximum atomic E-state index is 10.2. The zero-order valence-corrected chi connectivity index (χ0v) is 10.4. The smallest absolute Gasteiger partial charge is 0.240 e. The number of benzene rings is 1. The molecule has 0 spiro atoms. The molecule has 2 rings (SSSR count). The molecule has 0 radical (unpaired) electrons. The molecule has 0 amide bonds. The zero-order valence-electron chi connectivity index (χ0n) is 10.4. The van der Waals surface area contributed by atoms with E-state index in [2.05, 4.69) is 9.98 Å². The van der Waals surface area contributed by atoms with E-state index >= 15 is 0 Å². The lowest BCUT2D eigenvalue weighted by molar-refractivity contribution is 0.147. The highest BCUT2D eigenvalue weighted by atomic mass is 16.5. The molecular weight excluding hydrogens is 244 g/mol. The van der Waals surface area contributed by atoms with Crippen LogP contribution < -0.4 is 4.74 Å². The van der Waals surface area contributed by atoms with Crippen LogP contribution in [0.15, 0.2) is 34.3 Å². The number of hydrogen-bond donors (Lipinski definition) is 0. The molecule has 0 unspecified atom stereocenters. The van der Waals surface area contributed by atoms with E-state index in [1.165, 1.54) is 6.08 Å². The summed E-state index contributed by atoms with van der Waals surface area (Å²) in [5.74, 6) is 0.757. The Bertz CT molecular complexity index is 506. The Morgan fingerprint density at radius 3 is 2.26 bits per heavy atom. The molecule has 1 aromatic carbocycles. The molecule has 0 N–H and O–H groups in total. The van der Waals surface area contributed by atoms with E-state index in [-0.39, 0.29) is 12.1 Å². The Labute approximate surface area is 111 Å². The maximum absolute atomic E-state index is 10.2. The minimum absolute atomic E-state index is 0.0988. The summed E-state index contributed by atoms with van der Waals surface area (Å²) in [4.78, 5) is 27.5. The van der Waals surface area contributed by atoms with Crippen molar-refractivity contribution < 1.29 is 14.3 Å². The lowest BCUT2D eigenvalue weighted by Crippen LogP contribution is -2.25. The third-order valence-corrected chi connectivity index (χ3v) is 3.19. The van der Waals surface area contributed by atoms with E-state index < -0.39 is 0 Å². The van der Waals surface area contributed by atoms with Crippen LogP contribution in [0.5, 0.6) is 5.75 Å². The molecule has 5 nitrogen and oxygen atoms in total. The second-order valence-electron chi connectivity index (χ2n) is 4.47. The van der Waals surface area contributed by atoms with Gasteiger partial charge in [0.2, 0.25) is 12.2 Å². The summed E-state index contributed by atoms with van der Waals surface area (Å²) in [6, 6.07) is 7.09. The van der Waals surface area contributed by atoms with Crippen LogP contribution in [0, 0.1) is 0 Å². The predicted molar refractivity (Wildman–Crippen MR) is 69.0 cm³/mol. The molecule has 1 aromatic rings. The number of isocyanates is 2. The van der Waals surface area contributed by atoms with Crippen molar-refractivity contribution in [3.05, 3.63) is 24.3 Å². The number of hydrogen-bond acceptors (Lipinski definition) is 5. The topological polar surface area (TPSA) is 68.1 Å². The summed E-state index contributed by atoms with van der Waals surface area (Å²) in [5.41, 5.74) is 0.561. The maximum Gasteiger partial charge on any atom is 0.240 e. The summed E-state index contributed by atoms with van der Waals surface area (Å²) in [6.45, 7) is 0. The van der Waals surface area contributed by atoms with Crippen molar-refractivity contribution in [2.75, 3.05) is 0 Å². The van der Waals surface area contributed by atoms with Gasteiger partial charge in [0.15, 0.2) is 0 Å². The van der Waals surface area contributed by atoms with Gasteiger partial charge in [0.05, 0.1) is 17.8 Å². The van der Waals surface area contributed by atoms with Crippen LogP contribution in [0.2, 0.25) is 0 Å². The third-order valence-electron chi connectivity index (χ3n) is 3.19. The fourth-order valence-electron chi connectivity index (χ4n) is 2.21. The van der Waals surface area contributed by atoms with Gasteiger partial charge in [-0.3, -0.25) is 0 Å². The molecule has 0 atom stereocenters. The summed E-state index contributed by atoms with van der Waals surface area (Å²) >= 11 is 0. The normalized spacial score (nSPS) is 21.9. The minimum atomic E-state index is 0.0988. The lowest BCUT2D eigenvalue weighted by Gasteiger charge is -2.26. The Balaban J connectivity index is 1.88. The van der Waals surface area contributed by atoms with Crippen LogP contribution >= 0.6 is 0 Å². The third kappa shape index (κ3) is 3.88. The second kappa shape index (κ2) is 6.64. The summed E-state index contributed by atoms with van der Waals surface area (Å²) in [6.07, 6.45) is 6.73.